The Kier molecular flexibility index (Phi) is 11.6. The molecule has 2 N–H and O–H groups in total. The fraction of sp³-hybridized carbons (Fsp3) is 0.684. The molecule has 2 heterocycles. The van der Waals surface area contributed by atoms with Gasteiger partial charge in [0.25, 0.3) is 0 Å². The fourth-order valence-corrected chi connectivity index (χ4v) is 3.06. The van der Waals surface area contributed by atoms with Crippen molar-refractivity contribution in [3.05, 3.63) is 23.9 Å². The van der Waals surface area contributed by atoms with Crippen LogP contribution in [0, 0.1) is 5.92 Å². The van der Waals surface area contributed by atoms with Crippen LogP contribution in [-0.2, 0) is 11.3 Å². The topological polar surface area (TPSA) is 71.0 Å². The molecule has 0 aromatic carbocycles. The van der Waals surface area contributed by atoms with Crippen LogP contribution in [0.25, 0.3) is 0 Å². The van der Waals surface area contributed by atoms with E-state index < -0.39 is 0 Å². The first-order chi connectivity index (χ1) is 12.6. The Bertz CT molecular complexity index is 565. The molecule has 0 spiro atoms. The third kappa shape index (κ3) is 8.18. The average molecular weight is 491 g/mol. The van der Waals surface area contributed by atoms with Gasteiger partial charge in [-0.2, -0.15) is 0 Å². The number of hydrogen-bond donors (Lipinski definition) is 2. The number of nitrogens with zero attached hydrogens (tertiary/aromatic N) is 3. The minimum Gasteiger partial charge on any atom is -0.481 e. The Hall–Kier alpha value is -1.13. The van der Waals surface area contributed by atoms with Gasteiger partial charge in [0.2, 0.25) is 5.88 Å². The van der Waals surface area contributed by atoms with Gasteiger partial charge in [0.1, 0.15) is 0 Å². The van der Waals surface area contributed by atoms with E-state index in [1.807, 2.05) is 18.2 Å². The second-order valence-electron chi connectivity index (χ2n) is 6.71. The molecule has 1 saturated heterocycles. The fourth-order valence-electron chi connectivity index (χ4n) is 3.06. The zero-order valence-electron chi connectivity index (χ0n) is 16.9. The molecule has 1 aliphatic heterocycles. The van der Waals surface area contributed by atoms with E-state index in [4.69, 9.17) is 9.47 Å². The van der Waals surface area contributed by atoms with Crippen LogP contribution in [0.5, 0.6) is 5.88 Å². The maximum atomic E-state index is 5.48. The van der Waals surface area contributed by atoms with Crippen LogP contribution < -0.4 is 15.4 Å². The smallest absolute Gasteiger partial charge is 0.213 e. The Labute approximate surface area is 180 Å². The van der Waals surface area contributed by atoms with Crippen LogP contribution in [0.3, 0.4) is 0 Å². The lowest BCUT2D eigenvalue weighted by atomic mass is 10.0. The molecule has 1 fully saturated rings. The van der Waals surface area contributed by atoms with Crippen molar-refractivity contribution in [1.82, 2.24) is 20.5 Å². The van der Waals surface area contributed by atoms with E-state index in [1.165, 1.54) is 0 Å². The minimum atomic E-state index is 0. The van der Waals surface area contributed by atoms with Crippen molar-refractivity contribution in [2.45, 2.75) is 33.4 Å². The number of aromatic nitrogens is 1. The minimum absolute atomic E-state index is 0. The van der Waals surface area contributed by atoms with Gasteiger partial charge < -0.3 is 20.1 Å². The molecule has 0 radical (unpaired) electrons. The lowest BCUT2D eigenvalue weighted by Gasteiger charge is -2.37. The van der Waals surface area contributed by atoms with Gasteiger partial charge >= 0.3 is 0 Å². The number of guanidine groups is 1. The van der Waals surface area contributed by atoms with E-state index in [1.54, 1.807) is 7.11 Å². The Morgan fingerprint density at radius 2 is 2.04 bits per heavy atom. The van der Waals surface area contributed by atoms with Gasteiger partial charge in [-0.15, -0.1) is 24.0 Å². The highest BCUT2D eigenvalue weighted by atomic mass is 127. The highest BCUT2D eigenvalue weighted by molar-refractivity contribution is 14.0. The van der Waals surface area contributed by atoms with Crippen molar-refractivity contribution in [2.24, 2.45) is 10.9 Å². The van der Waals surface area contributed by atoms with Gasteiger partial charge in [0, 0.05) is 38.3 Å². The zero-order valence-corrected chi connectivity index (χ0v) is 19.2. The standard InChI is InChI=1S/C19H33N5O2.HI/c1-5-20-19(21-13-16-7-6-8-18(23-16)25-4)22-14-17(15(2)3)24-9-11-26-12-10-24;/h6-8,15,17H,5,9-14H2,1-4H3,(H2,20,21,22);1H. The molecule has 0 amide bonds. The molecule has 1 unspecified atom stereocenters. The van der Waals surface area contributed by atoms with Crippen molar-refractivity contribution in [3.8, 4) is 5.88 Å². The van der Waals surface area contributed by atoms with E-state index in [-0.39, 0.29) is 24.0 Å². The highest BCUT2D eigenvalue weighted by Crippen LogP contribution is 2.12. The summed E-state index contributed by atoms with van der Waals surface area (Å²) in [5.74, 6) is 1.99. The van der Waals surface area contributed by atoms with Crippen LogP contribution in [0.1, 0.15) is 26.5 Å². The first-order valence-corrected chi connectivity index (χ1v) is 9.48. The van der Waals surface area contributed by atoms with E-state index in [9.17, 15) is 0 Å². The summed E-state index contributed by atoms with van der Waals surface area (Å²) in [7, 11) is 1.62. The van der Waals surface area contributed by atoms with Crippen molar-refractivity contribution in [3.63, 3.8) is 0 Å². The first kappa shape index (κ1) is 23.9. The number of ether oxygens (including phenoxy) is 2. The van der Waals surface area contributed by atoms with Gasteiger partial charge in [0.15, 0.2) is 5.96 Å². The third-order valence-electron chi connectivity index (χ3n) is 4.50. The lowest BCUT2D eigenvalue weighted by molar-refractivity contribution is 0.00752. The molecular weight excluding hydrogens is 457 g/mol. The molecular formula is C19H34IN5O2. The molecule has 0 saturated carbocycles. The summed E-state index contributed by atoms with van der Waals surface area (Å²) >= 11 is 0. The van der Waals surface area contributed by atoms with E-state index in [2.05, 4.69) is 46.3 Å². The molecule has 1 aromatic rings. The molecule has 8 heteroatoms. The number of morpholine rings is 1. The van der Waals surface area contributed by atoms with Crippen molar-refractivity contribution in [1.29, 1.82) is 0 Å². The van der Waals surface area contributed by atoms with Gasteiger partial charge in [-0.25, -0.2) is 9.98 Å². The molecule has 1 aliphatic rings. The van der Waals surface area contributed by atoms with Crippen molar-refractivity contribution >= 4 is 29.9 Å². The number of methoxy groups -OCH3 is 1. The summed E-state index contributed by atoms with van der Waals surface area (Å²) in [5, 5.41) is 6.81. The van der Waals surface area contributed by atoms with Crippen LogP contribution in [0.15, 0.2) is 23.2 Å². The molecule has 0 bridgehead atoms. The summed E-state index contributed by atoms with van der Waals surface area (Å²) in [6, 6.07) is 6.19. The molecule has 2 rings (SSSR count). The number of halogens is 1. The lowest BCUT2D eigenvalue weighted by Crippen LogP contribution is -2.52. The van der Waals surface area contributed by atoms with Gasteiger partial charge in [-0.1, -0.05) is 19.9 Å². The number of aliphatic imine (C=N–C) groups is 1. The van der Waals surface area contributed by atoms with Crippen LogP contribution in [-0.4, -0.2) is 68.4 Å². The summed E-state index contributed by atoms with van der Waals surface area (Å²) < 4.78 is 10.7. The largest absolute Gasteiger partial charge is 0.481 e. The van der Waals surface area contributed by atoms with Gasteiger partial charge in [-0.05, 0) is 18.9 Å². The predicted molar refractivity (Wildman–Crippen MR) is 120 cm³/mol. The Morgan fingerprint density at radius 3 is 2.67 bits per heavy atom. The zero-order chi connectivity index (χ0) is 18.8. The molecule has 0 aliphatic carbocycles. The average Bonchev–Trinajstić information content (AvgIpc) is 2.67. The van der Waals surface area contributed by atoms with E-state index in [0.29, 0.717) is 24.4 Å². The van der Waals surface area contributed by atoms with Crippen LogP contribution in [0.2, 0.25) is 0 Å². The van der Waals surface area contributed by atoms with Crippen molar-refractivity contribution < 1.29 is 9.47 Å². The summed E-state index contributed by atoms with van der Waals surface area (Å²) in [5.41, 5.74) is 0.884. The molecule has 27 heavy (non-hydrogen) atoms. The van der Waals surface area contributed by atoms with Crippen LogP contribution >= 0.6 is 24.0 Å². The third-order valence-corrected chi connectivity index (χ3v) is 4.50. The quantitative estimate of drug-likeness (QED) is 0.330. The normalized spacial score (nSPS) is 16.6. The molecule has 7 nitrogen and oxygen atoms in total. The van der Waals surface area contributed by atoms with Gasteiger partial charge in [0.05, 0.1) is 32.6 Å². The second kappa shape index (κ2) is 13.1. The second-order valence-corrected chi connectivity index (χ2v) is 6.71. The Morgan fingerprint density at radius 1 is 1.30 bits per heavy atom. The maximum absolute atomic E-state index is 5.48. The predicted octanol–water partition coefficient (Wildman–Crippen LogP) is 2.12. The summed E-state index contributed by atoms with van der Waals surface area (Å²) in [4.78, 5) is 11.6. The van der Waals surface area contributed by atoms with Crippen molar-refractivity contribution in [2.75, 3.05) is 46.5 Å². The summed E-state index contributed by atoms with van der Waals surface area (Å²) in [6.45, 7) is 12.4. The monoisotopic (exact) mass is 491 g/mol. The first-order valence-electron chi connectivity index (χ1n) is 9.48. The SMILES string of the molecule is CCNC(=NCc1cccc(OC)n1)NCC(C(C)C)N1CCOCC1.I. The van der Waals surface area contributed by atoms with E-state index in [0.717, 1.165) is 51.0 Å². The van der Waals surface area contributed by atoms with Crippen LogP contribution in [0.4, 0.5) is 0 Å². The number of pyridine rings is 1. The molecule has 1 aromatic heterocycles. The molecule has 154 valence electrons. The van der Waals surface area contributed by atoms with E-state index >= 15 is 0 Å². The number of nitrogens with one attached hydrogen (secondary N) is 2. The maximum Gasteiger partial charge on any atom is 0.213 e. The number of rotatable bonds is 8. The Balaban J connectivity index is 0.00000364. The highest BCUT2D eigenvalue weighted by Gasteiger charge is 2.23. The number of hydrogen-bond acceptors (Lipinski definition) is 5. The summed E-state index contributed by atoms with van der Waals surface area (Å²) in [6.07, 6.45) is 0. The molecule has 1 atom stereocenters. The van der Waals surface area contributed by atoms with Gasteiger partial charge in [-0.3, -0.25) is 4.90 Å².